The lowest BCUT2D eigenvalue weighted by atomic mass is 10.1. The van der Waals surface area contributed by atoms with Gasteiger partial charge in [0.1, 0.15) is 5.58 Å². The van der Waals surface area contributed by atoms with Crippen molar-refractivity contribution in [2.45, 2.75) is 6.92 Å². The Morgan fingerprint density at radius 3 is 2.83 bits per heavy atom. The summed E-state index contributed by atoms with van der Waals surface area (Å²) in [5.41, 5.74) is 6.15. The topological polar surface area (TPSA) is 82.5 Å². The highest BCUT2D eigenvalue weighted by Gasteiger charge is 2.19. The third kappa shape index (κ3) is 2.38. The molecule has 1 heterocycles. The third-order valence-electron chi connectivity index (χ3n) is 2.43. The third-order valence-corrected chi connectivity index (χ3v) is 2.92. The van der Waals surface area contributed by atoms with Crippen molar-refractivity contribution in [2.24, 2.45) is 5.73 Å². The lowest BCUT2D eigenvalue weighted by Gasteiger charge is -1.99. The van der Waals surface area contributed by atoms with Crippen LogP contribution in [0.15, 0.2) is 27.1 Å². The molecule has 0 saturated heterocycles. The zero-order valence-electron chi connectivity index (χ0n) is 9.53. The molecule has 6 heteroatoms. The monoisotopic (exact) mass is 311 g/mol. The van der Waals surface area contributed by atoms with E-state index in [0.717, 1.165) is 9.86 Å². The van der Waals surface area contributed by atoms with Crippen molar-refractivity contribution in [3.05, 3.63) is 34.0 Å². The number of esters is 1. The fraction of sp³-hybridized carbons (Fsp3) is 0.167. The predicted octanol–water partition coefficient (Wildman–Crippen LogP) is 2.15. The van der Waals surface area contributed by atoms with Gasteiger partial charge >= 0.3 is 5.97 Å². The zero-order chi connectivity index (χ0) is 13.3. The quantitative estimate of drug-likeness (QED) is 0.880. The first-order valence-corrected chi connectivity index (χ1v) is 5.92. The Bertz CT molecular complexity index is 632. The van der Waals surface area contributed by atoms with Gasteiger partial charge in [-0.3, -0.25) is 4.79 Å². The van der Waals surface area contributed by atoms with Gasteiger partial charge in [0.25, 0.3) is 5.91 Å². The molecule has 0 spiro atoms. The molecule has 0 unspecified atom stereocenters. The Morgan fingerprint density at radius 1 is 1.44 bits per heavy atom. The molecular formula is C12H10BrNO4. The largest absolute Gasteiger partial charge is 0.450 e. The minimum Gasteiger partial charge on any atom is -0.450 e. The zero-order valence-corrected chi connectivity index (χ0v) is 11.1. The molecule has 2 N–H and O–H groups in total. The van der Waals surface area contributed by atoms with Gasteiger partial charge in [0, 0.05) is 15.4 Å². The number of fused-ring (bicyclic) bond motifs is 1. The number of benzene rings is 1. The van der Waals surface area contributed by atoms with Crippen LogP contribution < -0.4 is 5.73 Å². The Morgan fingerprint density at radius 2 is 2.17 bits per heavy atom. The number of aryl methyl sites for hydroxylation is 1. The maximum absolute atomic E-state index is 11.7. The molecule has 0 atom stereocenters. The summed E-state index contributed by atoms with van der Waals surface area (Å²) in [6, 6.07) is 5.40. The van der Waals surface area contributed by atoms with E-state index in [0.29, 0.717) is 11.1 Å². The molecule has 0 aliphatic heterocycles. The van der Waals surface area contributed by atoms with Gasteiger partial charge < -0.3 is 14.9 Å². The molecule has 0 bridgehead atoms. The van der Waals surface area contributed by atoms with Gasteiger partial charge in [-0.25, -0.2) is 4.79 Å². The summed E-state index contributed by atoms with van der Waals surface area (Å²) in [6.07, 6.45) is 0. The smallest absolute Gasteiger partial charge is 0.375 e. The first-order valence-electron chi connectivity index (χ1n) is 5.13. The van der Waals surface area contributed by atoms with Gasteiger partial charge in [-0.15, -0.1) is 0 Å². The van der Waals surface area contributed by atoms with E-state index < -0.39 is 18.5 Å². The number of amides is 1. The van der Waals surface area contributed by atoms with E-state index >= 15 is 0 Å². The lowest BCUT2D eigenvalue weighted by molar-refractivity contribution is -0.121. The van der Waals surface area contributed by atoms with Crippen LogP contribution in [0.5, 0.6) is 0 Å². The summed E-state index contributed by atoms with van der Waals surface area (Å²) in [5.74, 6) is -1.32. The average molecular weight is 312 g/mol. The summed E-state index contributed by atoms with van der Waals surface area (Å²) in [7, 11) is 0. The normalized spacial score (nSPS) is 10.6. The number of halogens is 1. The first-order chi connectivity index (χ1) is 8.49. The van der Waals surface area contributed by atoms with Crippen molar-refractivity contribution in [3.8, 4) is 0 Å². The Hall–Kier alpha value is -1.82. The number of carbonyl (C=O) groups is 2. The van der Waals surface area contributed by atoms with Gasteiger partial charge in [0.05, 0.1) is 0 Å². The number of furan rings is 1. The van der Waals surface area contributed by atoms with Crippen molar-refractivity contribution in [2.75, 3.05) is 6.61 Å². The van der Waals surface area contributed by atoms with Crippen molar-refractivity contribution in [1.29, 1.82) is 0 Å². The van der Waals surface area contributed by atoms with Crippen LogP contribution in [0.2, 0.25) is 0 Å². The second-order valence-corrected chi connectivity index (χ2v) is 4.65. The second kappa shape index (κ2) is 4.81. The molecule has 2 aromatic rings. The number of nitrogens with two attached hydrogens (primary N) is 1. The van der Waals surface area contributed by atoms with E-state index in [4.69, 9.17) is 14.9 Å². The average Bonchev–Trinajstić information content (AvgIpc) is 2.64. The fourth-order valence-corrected chi connectivity index (χ4v) is 1.95. The first kappa shape index (κ1) is 12.6. The Balaban J connectivity index is 2.36. The van der Waals surface area contributed by atoms with Crippen LogP contribution in [-0.2, 0) is 9.53 Å². The van der Waals surface area contributed by atoms with Crippen LogP contribution in [0.3, 0.4) is 0 Å². The molecule has 1 aromatic carbocycles. The number of hydrogen-bond donors (Lipinski definition) is 1. The Labute approximate surface area is 111 Å². The number of primary amides is 1. The van der Waals surface area contributed by atoms with Crippen LogP contribution >= 0.6 is 15.9 Å². The van der Waals surface area contributed by atoms with Crippen molar-refractivity contribution in [1.82, 2.24) is 0 Å². The maximum atomic E-state index is 11.7. The molecule has 0 aliphatic rings. The van der Waals surface area contributed by atoms with Gasteiger partial charge in [0.15, 0.2) is 6.61 Å². The minimum atomic E-state index is -0.708. The molecule has 0 radical (unpaired) electrons. The maximum Gasteiger partial charge on any atom is 0.375 e. The van der Waals surface area contributed by atoms with E-state index in [2.05, 4.69) is 15.9 Å². The lowest BCUT2D eigenvalue weighted by Crippen LogP contribution is -2.20. The predicted molar refractivity (Wildman–Crippen MR) is 68.1 cm³/mol. The SMILES string of the molecule is Cc1c(C(=O)OCC(N)=O)oc2ccc(Br)cc12. The molecule has 94 valence electrons. The molecule has 5 nitrogen and oxygen atoms in total. The Kier molecular flexibility index (Phi) is 3.38. The van der Waals surface area contributed by atoms with Crippen LogP contribution in [-0.4, -0.2) is 18.5 Å². The van der Waals surface area contributed by atoms with Crippen LogP contribution in [0, 0.1) is 6.92 Å². The molecule has 2 rings (SSSR count). The van der Waals surface area contributed by atoms with E-state index in [1.165, 1.54) is 0 Å². The van der Waals surface area contributed by atoms with E-state index in [1.807, 2.05) is 12.1 Å². The van der Waals surface area contributed by atoms with Gasteiger partial charge in [0.2, 0.25) is 5.76 Å². The summed E-state index contributed by atoms with van der Waals surface area (Å²) >= 11 is 3.34. The van der Waals surface area contributed by atoms with Crippen molar-refractivity contribution < 1.29 is 18.7 Å². The number of ether oxygens (including phenoxy) is 1. The summed E-state index contributed by atoms with van der Waals surface area (Å²) in [4.78, 5) is 22.2. The van der Waals surface area contributed by atoms with Gasteiger partial charge in [-0.05, 0) is 25.1 Å². The minimum absolute atomic E-state index is 0.0874. The van der Waals surface area contributed by atoms with Crippen LogP contribution in [0.1, 0.15) is 16.1 Å². The van der Waals surface area contributed by atoms with Crippen LogP contribution in [0.25, 0.3) is 11.0 Å². The van der Waals surface area contributed by atoms with Crippen molar-refractivity contribution in [3.63, 3.8) is 0 Å². The highest BCUT2D eigenvalue weighted by atomic mass is 79.9. The summed E-state index contributed by atoms with van der Waals surface area (Å²) in [5, 5.41) is 0.815. The highest BCUT2D eigenvalue weighted by molar-refractivity contribution is 9.10. The standard InChI is InChI=1S/C12H10BrNO4/c1-6-8-4-7(13)2-3-9(8)18-11(6)12(16)17-5-10(14)15/h2-4H,5H2,1H3,(H2,14,15). The second-order valence-electron chi connectivity index (χ2n) is 3.74. The molecular weight excluding hydrogens is 302 g/mol. The van der Waals surface area contributed by atoms with E-state index in [1.54, 1.807) is 13.0 Å². The summed E-state index contributed by atoms with van der Waals surface area (Å²) < 4.78 is 11.0. The number of hydrogen-bond acceptors (Lipinski definition) is 4. The highest BCUT2D eigenvalue weighted by Crippen LogP contribution is 2.28. The molecule has 1 amide bonds. The summed E-state index contributed by atoms with van der Waals surface area (Å²) in [6.45, 7) is 1.29. The van der Waals surface area contributed by atoms with E-state index in [-0.39, 0.29) is 5.76 Å². The van der Waals surface area contributed by atoms with Gasteiger partial charge in [-0.2, -0.15) is 0 Å². The molecule has 1 aromatic heterocycles. The van der Waals surface area contributed by atoms with E-state index in [9.17, 15) is 9.59 Å². The number of carbonyl (C=O) groups excluding carboxylic acids is 2. The van der Waals surface area contributed by atoms with Crippen molar-refractivity contribution >= 4 is 38.8 Å². The molecule has 18 heavy (non-hydrogen) atoms. The van der Waals surface area contributed by atoms with Crippen LogP contribution in [0.4, 0.5) is 0 Å². The number of rotatable bonds is 3. The molecule has 0 saturated carbocycles. The molecule has 0 fully saturated rings. The molecule has 0 aliphatic carbocycles. The fourth-order valence-electron chi connectivity index (χ4n) is 1.59. The van der Waals surface area contributed by atoms with Gasteiger partial charge in [-0.1, -0.05) is 15.9 Å².